The van der Waals surface area contributed by atoms with E-state index in [0.717, 1.165) is 16.3 Å². The number of carbonyl (C=O) groups excluding carboxylic acids is 3. The number of nitrogens with zero attached hydrogens (tertiary/aromatic N) is 3. The van der Waals surface area contributed by atoms with Gasteiger partial charge in [0.1, 0.15) is 5.69 Å². The maximum Gasteiger partial charge on any atom is 0.270 e. The molecule has 1 saturated heterocycles. The van der Waals surface area contributed by atoms with Crippen molar-refractivity contribution in [1.29, 1.82) is 0 Å². The summed E-state index contributed by atoms with van der Waals surface area (Å²) in [6.07, 6.45) is 4.11. The van der Waals surface area contributed by atoms with E-state index in [1.807, 2.05) is 6.07 Å². The van der Waals surface area contributed by atoms with Crippen LogP contribution in [0.3, 0.4) is 0 Å². The molecule has 3 rings (SSSR count). The van der Waals surface area contributed by atoms with E-state index >= 15 is 0 Å². The number of rotatable bonds is 4. The first kappa shape index (κ1) is 20.2. The molecule has 3 amide bonds. The van der Waals surface area contributed by atoms with Gasteiger partial charge in [0.2, 0.25) is 11.8 Å². The van der Waals surface area contributed by atoms with Gasteiger partial charge in [0.05, 0.1) is 16.5 Å². The number of aromatic nitrogens is 2. The molecule has 2 aromatic rings. The molecule has 0 aliphatic carbocycles. The molecule has 28 heavy (non-hydrogen) atoms. The molecule has 0 saturated carbocycles. The first-order valence-electron chi connectivity index (χ1n) is 9.08. The monoisotopic (exact) mass is 447 g/mol. The summed E-state index contributed by atoms with van der Waals surface area (Å²) in [6.45, 7) is 4.42. The SMILES string of the molecule is CC(=O)NCC(=O)N1CCC(C)C(NC(=O)c2ccc3cncc(Br)c3n2)C1. The fourth-order valence-electron chi connectivity index (χ4n) is 3.17. The number of nitrogens with one attached hydrogen (secondary N) is 2. The maximum atomic E-state index is 12.7. The quantitative estimate of drug-likeness (QED) is 0.738. The Morgan fingerprint density at radius 3 is 2.82 bits per heavy atom. The number of amides is 3. The van der Waals surface area contributed by atoms with Crippen molar-refractivity contribution in [3.63, 3.8) is 0 Å². The molecule has 0 aromatic carbocycles. The topological polar surface area (TPSA) is 104 Å². The minimum Gasteiger partial charge on any atom is -0.347 e. The highest BCUT2D eigenvalue weighted by atomic mass is 79.9. The van der Waals surface area contributed by atoms with Crippen LogP contribution in [0.4, 0.5) is 0 Å². The molecule has 9 heteroatoms. The zero-order valence-corrected chi connectivity index (χ0v) is 17.3. The molecule has 2 aromatic heterocycles. The van der Waals surface area contributed by atoms with Crippen molar-refractivity contribution in [3.8, 4) is 0 Å². The van der Waals surface area contributed by atoms with Crippen LogP contribution in [0.25, 0.3) is 10.9 Å². The van der Waals surface area contributed by atoms with E-state index in [-0.39, 0.29) is 36.2 Å². The van der Waals surface area contributed by atoms with Crippen molar-refractivity contribution in [3.05, 3.63) is 34.7 Å². The summed E-state index contributed by atoms with van der Waals surface area (Å²) in [6, 6.07) is 3.29. The average Bonchev–Trinajstić information content (AvgIpc) is 2.67. The lowest BCUT2D eigenvalue weighted by Gasteiger charge is -2.37. The molecular formula is C19H22BrN5O3. The summed E-state index contributed by atoms with van der Waals surface area (Å²) in [5.41, 5.74) is 0.986. The minimum atomic E-state index is -0.279. The standard InChI is InChI=1S/C19H22BrN5O3/c1-11-5-6-25(17(27)9-22-12(2)26)10-16(11)24-19(28)15-4-3-13-7-21-8-14(20)18(13)23-15/h3-4,7-8,11,16H,5-6,9-10H2,1-2H3,(H,22,26)(H,24,28). The molecule has 2 N–H and O–H groups in total. The van der Waals surface area contributed by atoms with E-state index < -0.39 is 0 Å². The molecule has 2 unspecified atom stereocenters. The molecular weight excluding hydrogens is 426 g/mol. The molecule has 148 valence electrons. The van der Waals surface area contributed by atoms with Gasteiger partial charge < -0.3 is 15.5 Å². The van der Waals surface area contributed by atoms with Crippen molar-refractivity contribution in [2.75, 3.05) is 19.6 Å². The first-order valence-corrected chi connectivity index (χ1v) is 9.88. The largest absolute Gasteiger partial charge is 0.347 e. The molecule has 0 spiro atoms. The molecule has 2 atom stereocenters. The zero-order chi connectivity index (χ0) is 20.3. The highest BCUT2D eigenvalue weighted by Gasteiger charge is 2.30. The van der Waals surface area contributed by atoms with Gasteiger partial charge >= 0.3 is 0 Å². The third-order valence-electron chi connectivity index (χ3n) is 4.90. The van der Waals surface area contributed by atoms with Gasteiger partial charge in [0.15, 0.2) is 0 Å². The fourth-order valence-corrected chi connectivity index (χ4v) is 3.61. The lowest BCUT2D eigenvalue weighted by atomic mass is 9.93. The number of hydrogen-bond acceptors (Lipinski definition) is 5. The van der Waals surface area contributed by atoms with Crippen molar-refractivity contribution in [2.45, 2.75) is 26.3 Å². The predicted octanol–water partition coefficient (Wildman–Crippen LogP) is 1.50. The van der Waals surface area contributed by atoms with E-state index in [1.165, 1.54) is 6.92 Å². The number of fused-ring (bicyclic) bond motifs is 1. The summed E-state index contributed by atoms with van der Waals surface area (Å²) in [7, 11) is 0. The Hall–Kier alpha value is -2.55. The maximum absolute atomic E-state index is 12.7. The third kappa shape index (κ3) is 4.64. The summed E-state index contributed by atoms with van der Waals surface area (Å²) in [5.74, 6) is -0.447. The normalized spacial score (nSPS) is 19.3. The van der Waals surface area contributed by atoms with E-state index in [2.05, 4.69) is 43.5 Å². The Morgan fingerprint density at radius 1 is 1.29 bits per heavy atom. The van der Waals surface area contributed by atoms with Crippen molar-refractivity contribution in [2.24, 2.45) is 5.92 Å². The minimum absolute atomic E-state index is 0.0291. The number of pyridine rings is 2. The second-order valence-electron chi connectivity index (χ2n) is 6.98. The molecule has 0 radical (unpaired) electrons. The van der Waals surface area contributed by atoms with Gasteiger partial charge in [-0.2, -0.15) is 0 Å². The van der Waals surface area contributed by atoms with Crippen LogP contribution in [-0.2, 0) is 9.59 Å². The zero-order valence-electron chi connectivity index (χ0n) is 15.7. The van der Waals surface area contributed by atoms with Crippen LogP contribution in [0.1, 0.15) is 30.8 Å². The second kappa shape index (κ2) is 8.64. The first-order chi connectivity index (χ1) is 13.3. The summed E-state index contributed by atoms with van der Waals surface area (Å²) in [5, 5.41) is 6.37. The van der Waals surface area contributed by atoms with Gasteiger partial charge in [-0.1, -0.05) is 6.92 Å². The van der Waals surface area contributed by atoms with Crippen LogP contribution in [0.2, 0.25) is 0 Å². The molecule has 0 bridgehead atoms. The van der Waals surface area contributed by atoms with E-state index in [4.69, 9.17) is 0 Å². The number of piperidine rings is 1. The predicted molar refractivity (Wildman–Crippen MR) is 108 cm³/mol. The van der Waals surface area contributed by atoms with E-state index in [0.29, 0.717) is 24.3 Å². The molecule has 1 fully saturated rings. The Labute approximate surface area is 171 Å². The van der Waals surface area contributed by atoms with Crippen molar-refractivity contribution < 1.29 is 14.4 Å². The van der Waals surface area contributed by atoms with Gasteiger partial charge in [0.25, 0.3) is 5.91 Å². The summed E-state index contributed by atoms with van der Waals surface area (Å²) >= 11 is 3.41. The number of hydrogen-bond donors (Lipinski definition) is 2. The number of carbonyl (C=O) groups is 3. The van der Waals surface area contributed by atoms with Crippen molar-refractivity contribution in [1.82, 2.24) is 25.5 Å². The second-order valence-corrected chi connectivity index (χ2v) is 7.84. The van der Waals surface area contributed by atoms with Gasteiger partial charge in [0, 0.05) is 43.8 Å². The van der Waals surface area contributed by atoms with Gasteiger partial charge in [-0.15, -0.1) is 0 Å². The van der Waals surface area contributed by atoms with Crippen LogP contribution in [0.15, 0.2) is 29.0 Å². The van der Waals surface area contributed by atoms with E-state index in [9.17, 15) is 14.4 Å². The van der Waals surface area contributed by atoms with Gasteiger partial charge in [-0.05, 0) is 40.4 Å². The summed E-state index contributed by atoms with van der Waals surface area (Å²) in [4.78, 5) is 46.2. The molecule has 3 heterocycles. The Morgan fingerprint density at radius 2 is 2.07 bits per heavy atom. The Balaban J connectivity index is 1.69. The third-order valence-corrected chi connectivity index (χ3v) is 5.48. The molecule has 1 aliphatic heterocycles. The van der Waals surface area contributed by atoms with Crippen LogP contribution in [0, 0.1) is 5.92 Å². The van der Waals surface area contributed by atoms with Crippen LogP contribution in [0.5, 0.6) is 0 Å². The number of halogens is 1. The van der Waals surface area contributed by atoms with Crippen molar-refractivity contribution >= 4 is 44.6 Å². The molecule has 1 aliphatic rings. The van der Waals surface area contributed by atoms with E-state index in [1.54, 1.807) is 23.4 Å². The lowest BCUT2D eigenvalue weighted by molar-refractivity contribution is -0.134. The van der Waals surface area contributed by atoms with Gasteiger partial charge in [-0.3, -0.25) is 19.4 Å². The lowest BCUT2D eigenvalue weighted by Crippen LogP contribution is -2.54. The average molecular weight is 448 g/mol. The van der Waals surface area contributed by atoms with Crippen LogP contribution >= 0.6 is 15.9 Å². The van der Waals surface area contributed by atoms with Crippen LogP contribution < -0.4 is 10.6 Å². The highest BCUT2D eigenvalue weighted by Crippen LogP contribution is 2.21. The number of likely N-dealkylation sites (tertiary alicyclic amines) is 1. The van der Waals surface area contributed by atoms with Crippen LogP contribution in [-0.4, -0.2) is 58.3 Å². The highest BCUT2D eigenvalue weighted by molar-refractivity contribution is 9.10. The smallest absolute Gasteiger partial charge is 0.270 e. The Bertz CT molecular complexity index is 920. The fraction of sp³-hybridized carbons (Fsp3) is 0.421. The van der Waals surface area contributed by atoms with Gasteiger partial charge in [-0.25, -0.2) is 4.98 Å². The Kier molecular flexibility index (Phi) is 6.23. The summed E-state index contributed by atoms with van der Waals surface area (Å²) < 4.78 is 0.723. The molecule has 8 nitrogen and oxygen atoms in total.